The molecule has 4 heteroatoms. The minimum atomic E-state index is 0.829. The summed E-state index contributed by atoms with van der Waals surface area (Å²) in [6, 6.07) is 45.9. The van der Waals surface area contributed by atoms with Crippen LogP contribution in [0, 0.1) is 0 Å². The molecule has 0 saturated heterocycles. The van der Waals surface area contributed by atoms with Crippen molar-refractivity contribution in [1.82, 2.24) is 9.97 Å². The van der Waals surface area contributed by atoms with Crippen molar-refractivity contribution in [3.63, 3.8) is 0 Å². The van der Waals surface area contributed by atoms with Crippen LogP contribution in [0.25, 0.3) is 56.2 Å². The second-order valence-corrected chi connectivity index (χ2v) is 10.8. The van der Waals surface area contributed by atoms with Gasteiger partial charge in [0, 0.05) is 20.1 Å². The number of pyridine rings is 2. The normalized spacial score (nSPS) is 10.9. The monoisotopic (exact) mass is 616 g/mol. The van der Waals surface area contributed by atoms with Crippen molar-refractivity contribution in [2.24, 2.45) is 0 Å². The zero-order chi connectivity index (χ0) is 25.9. The highest BCUT2D eigenvalue weighted by Crippen LogP contribution is 2.34. The van der Waals surface area contributed by atoms with Crippen LogP contribution in [0.2, 0.25) is 0 Å². The second-order valence-electron chi connectivity index (χ2n) is 9.01. The zero-order valence-electron chi connectivity index (χ0n) is 20.4. The van der Waals surface area contributed by atoms with Gasteiger partial charge in [0.2, 0.25) is 0 Å². The van der Waals surface area contributed by atoms with Crippen molar-refractivity contribution in [2.75, 3.05) is 0 Å². The molecular weight excluding hydrogens is 596 g/mol. The molecule has 2 heterocycles. The van der Waals surface area contributed by atoms with E-state index in [9.17, 15) is 0 Å². The zero-order valence-corrected chi connectivity index (χ0v) is 23.5. The summed E-state index contributed by atoms with van der Waals surface area (Å²) in [6.07, 6.45) is 0. The van der Waals surface area contributed by atoms with Crippen LogP contribution in [0.3, 0.4) is 0 Å². The minimum Gasteiger partial charge on any atom is -0.246 e. The maximum Gasteiger partial charge on any atom is 0.0900 e. The highest BCUT2D eigenvalue weighted by atomic mass is 79.9. The van der Waals surface area contributed by atoms with Crippen LogP contribution in [0.5, 0.6) is 0 Å². The van der Waals surface area contributed by atoms with Crippen LogP contribution >= 0.6 is 31.9 Å². The molecule has 0 N–H and O–H groups in total. The van der Waals surface area contributed by atoms with E-state index < -0.39 is 0 Å². The quantitative estimate of drug-likeness (QED) is 0.192. The third kappa shape index (κ3) is 5.38. The van der Waals surface area contributed by atoms with Crippen LogP contribution in [-0.2, 0) is 0 Å². The molecule has 0 unspecified atom stereocenters. The molecule has 6 rings (SSSR count). The summed E-state index contributed by atoms with van der Waals surface area (Å²) < 4.78 is 2.08. The number of rotatable bonds is 5. The lowest BCUT2D eigenvalue weighted by molar-refractivity contribution is 1.25. The molecule has 0 amide bonds. The van der Waals surface area contributed by atoms with E-state index in [1.165, 1.54) is 0 Å². The molecule has 0 aliphatic heterocycles. The molecule has 0 atom stereocenters. The Morgan fingerprint density at radius 1 is 0.316 bits per heavy atom. The van der Waals surface area contributed by atoms with Gasteiger partial charge in [0.15, 0.2) is 0 Å². The van der Waals surface area contributed by atoms with Gasteiger partial charge in [-0.15, -0.1) is 0 Å². The Bertz CT molecular complexity index is 1600. The van der Waals surface area contributed by atoms with E-state index in [4.69, 9.17) is 9.97 Å². The Morgan fingerprint density at radius 2 is 0.684 bits per heavy atom. The molecule has 2 aromatic heterocycles. The predicted octanol–water partition coefficient (Wildman–Crippen LogP) is 10.3. The molecule has 182 valence electrons. The fourth-order valence-corrected chi connectivity index (χ4v) is 5.31. The number of nitrogens with zero attached hydrogens (tertiary/aromatic N) is 2. The van der Waals surface area contributed by atoms with Crippen LogP contribution in [0.4, 0.5) is 0 Å². The number of hydrogen-bond acceptors (Lipinski definition) is 2. The predicted molar refractivity (Wildman–Crippen MR) is 165 cm³/mol. The van der Waals surface area contributed by atoms with E-state index in [1.54, 1.807) is 0 Å². The first-order valence-electron chi connectivity index (χ1n) is 12.3. The summed E-state index contributed by atoms with van der Waals surface area (Å²) in [6.45, 7) is 0. The standard InChI is InChI=1S/C34H22Br2N2/c35-29-15-7-13-25(17-29)27-19-31(23-9-3-1-4-10-23)37-33(21-27)34-22-28(26-14-8-16-30(36)18-26)20-32(38-34)24-11-5-2-6-12-24/h1-22H. The van der Waals surface area contributed by atoms with E-state index in [0.717, 1.165) is 65.1 Å². The first-order valence-corrected chi connectivity index (χ1v) is 13.9. The van der Waals surface area contributed by atoms with Crippen LogP contribution in [0.1, 0.15) is 0 Å². The summed E-state index contributed by atoms with van der Waals surface area (Å²) in [5.74, 6) is 0. The minimum absolute atomic E-state index is 0.829. The first kappa shape index (κ1) is 24.5. The molecule has 0 aliphatic rings. The topological polar surface area (TPSA) is 25.8 Å². The van der Waals surface area contributed by atoms with Crippen LogP contribution < -0.4 is 0 Å². The van der Waals surface area contributed by atoms with Gasteiger partial charge >= 0.3 is 0 Å². The highest BCUT2D eigenvalue weighted by Gasteiger charge is 2.14. The number of benzene rings is 4. The van der Waals surface area contributed by atoms with Crippen LogP contribution in [-0.4, -0.2) is 9.97 Å². The summed E-state index contributed by atoms with van der Waals surface area (Å²) in [4.78, 5) is 10.3. The maximum absolute atomic E-state index is 5.13. The van der Waals surface area contributed by atoms with Crippen molar-refractivity contribution >= 4 is 31.9 Å². The molecular formula is C34H22Br2N2. The lowest BCUT2D eigenvalue weighted by atomic mass is 9.99. The lowest BCUT2D eigenvalue weighted by Crippen LogP contribution is -1.96. The third-order valence-electron chi connectivity index (χ3n) is 6.37. The molecule has 2 nitrogen and oxygen atoms in total. The molecule has 6 aromatic rings. The second kappa shape index (κ2) is 10.9. The Hall–Kier alpha value is -3.86. The summed E-state index contributed by atoms with van der Waals surface area (Å²) >= 11 is 7.26. The third-order valence-corrected chi connectivity index (χ3v) is 7.35. The highest BCUT2D eigenvalue weighted by molar-refractivity contribution is 9.10. The largest absolute Gasteiger partial charge is 0.246 e. The fraction of sp³-hybridized carbons (Fsp3) is 0. The van der Waals surface area contributed by atoms with E-state index in [-0.39, 0.29) is 0 Å². The Kier molecular flexibility index (Phi) is 7.00. The molecule has 0 bridgehead atoms. The Labute approximate surface area is 239 Å². The smallest absolute Gasteiger partial charge is 0.0900 e. The Morgan fingerprint density at radius 3 is 1.08 bits per heavy atom. The van der Waals surface area contributed by atoms with Gasteiger partial charge in [0.25, 0.3) is 0 Å². The van der Waals surface area contributed by atoms with Crippen molar-refractivity contribution in [3.05, 3.63) is 142 Å². The Balaban J connectivity index is 1.59. The van der Waals surface area contributed by atoms with Gasteiger partial charge in [-0.3, -0.25) is 0 Å². The van der Waals surface area contributed by atoms with Gasteiger partial charge in [-0.1, -0.05) is 117 Å². The molecule has 0 spiro atoms. The molecule has 0 fully saturated rings. The molecule has 4 aromatic carbocycles. The van der Waals surface area contributed by atoms with Crippen LogP contribution in [0.15, 0.2) is 142 Å². The molecule has 0 radical (unpaired) electrons. The maximum atomic E-state index is 5.13. The fourth-order valence-electron chi connectivity index (χ4n) is 4.51. The van der Waals surface area contributed by atoms with Crippen molar-refractivity contribution < 1.29 is 0 Å². The van der Waals surface area contributed by atoms with Gasteiger partial charge in [-0.2, -0.15) is 0 Å². The van der Waals surface area contributed by atoms with E-state index in [1.807, 2.05) is 48.5 Å². The summed E-state index contributed by atoms with van der Waals surface area (Å²) in [7, 11) is 0. The van der Waals surface area contributed by atoms with Gasteiger partial charge in [-0.05, 0) is 70.8 Å². The van der Waals surface area contributed by atoms with Crippen molar-refractivity contribution in [1.29, 1.82) is 0 Å². The van der Waals surface area contributed by atoms with E-state index in [0.29, 0.717) is 0 Å². The average Bonchev–Trinajstić information content (AvgIpc) is 2.97. The lowest BCUT2D eigenvalue weighted by Gasteiger charge is -2.13. The van der Waals surface area contributed by atoms with Crippen molar-refractivity contribution in [3.8, 4) is 56.2 Å². The molecule has 38 heavy (non-hydrogen) atoms. The van der Waals surface area contributed by atoms with Gasteiger partial charge in [0.05, 0.1) is 22.8 Å². The number of halogens is 2. The molecule has 0 saturated carbocycles. The van der Waals surface area contributed by atoms with E-state index >= 15 is 0 Å². The number of hydrogen-bond donors (Lipinski definition) is 0. The van der Waals surface area contributed by atoms with Gasteiger partial charge in [0.1, 0.15) is 0 Å². The average molecular weight is 618 g/mol. The summed E-state index contributed by atoms with van der Waals surface area (Å²) in [5.41, 5.74) is 10.0. The van der Waals surface area contributed by atoms with Gasteiger partial charge < -0.3 is 0 Å². The SMILES string of the molecule is Brc1cccc(-c2cc(-c3ccccc3)nc(-c3cc(-c4cccc(Br)c4)cc(-c4ccccc4)n3)c2)c1. The van der Waals surface area contributed by atoms with Gasteiger partial charge in [-0.25, -0.2) is 9.97 Å². The number of aromatic nitrogens is 2. The first-order chi connectivity index (χ1) is 18.6. The van der Waals surface area contributed by atoms with E-state index in [2.05, 4.69) is 117 Å². The molecule has 0 aliphatic carbocycles. The summed E-state index contributed by atoms with van der Waals surface area (Å²) in [5, 5.41) is 0. The van der Waals surface area contributed by atoms with Crippen molar-refractivity contribution in [2.45, 2.75) is 0 Å².